The summed E-state index contributed by atoms with van der Waals surface area (Å²) in [5.41, 5.74) is 1.20. The lowest BCUT2D eigenvalue weighted by Gasteiger charge is -2.39. The largest absolute Gasteiger partial charge is 0.486 e. The zero-order valence-corrected chi connectivity index (χ0v) is 15.0. The molecule has 1 atom stereocenters. The van der Waals surface area contributed by atoms with Crippen LogP contribution in [0.15, 0.2) is 40.8 Å². The third kappa shape index (κ3) is 4.65. The molecule has 2 N–H and O–H groups in total. The molecule has 140 valence electrons. The number of carbonyl (C=O) groups is 1. The van der Waals surface area contributed by atoms with E-state index in [-0.39, 0.29) is 24.4 Å². The maximum atomic E-state index is 10.8. The lowest BCUT2D eigenvalue weighted by Crippen LogP contribution is -2.43. The third-order valence-corrected chi connectivity index (χ3v) is 4.82. The summed E-state index contributed by atoms with van der Waals surface area (Å²) in [6.07, 6.45) is 2.18. The van der Waals surface area contributed by atoms with E-state index in [0.29, 0.717) is 11.5 Å². The molecule has 0 spiro atoms. The molecule has 1 aliphatic rings. The Morgan fingerprint density at radius 2 is 2.04 bits per heavy atom. The van der Waals surface area contributed by atoms with Gasteiger partial charge in [-0.15, -0.1) is 0 Å². The summed E-state index contributed by atoms with van der Waals surface area (Å²) in [7, 11) is 0. The minimum Gasteiger partial charge on any atom is -0.486 e. The fourth-order valence-corrected chi connectivity index (χ4v) is 3.37. The van der Waals surface area contributed by atoms with Crippen molar-refractivity contribution >= 4 is 5.97 Å². The van der Waals surface area contributed by atoms with Gasteiger partial charge in [-0.3, -0.25) is 4.90 Å². The predicted molar refractivity (Wildman–Crippen MR) is 96.1 cm³/mol. The second-order valence-corrected chi connectivity index (χ2v) is 7.29. The number of aliphatic hydroxyl groups is 1. The third-order valence-electron chi connectivity index (χ3n) is 4.82. The van der Waals surface area contributed by atoms with E-state index in [1.165, 1.54) is 11.6 Å². The quantitative estimate of drug-likeness (QED) is 0.790. The Labute approximate surface area is 153 Å². The molecule has 1 saturated heterocycles. The highest BCUT2D eigenvalue weighted by molar-refractivity contribution is 5.84. The zero-order chi connectivity index (χ0) is 18.6. The Kier molecular flexibility index (Phi) is 5.64. The van der Waals surface area contributed by atoms with Crippen molar-refractivity contribution < 1.29 is 24.2 Å². The normalized spacial score (nSPS) is 20.8. The van der Waals surface area contributed by atoms with Crippen LogP contribution in [0, 0.1) is 5.41 Å². The predicted octanol–water partition coefficient (Wildman–Crippen LogP) is 3.15. The molecule has 0 unspecified atom stereocenters. The first kappa shape index (κ1) is 18.5. The average Bonchev–Trinajstić information content (AvgIpc) is 3.11. The van der Waals surface area contributed by atoms with Crippen LogP contribution in [0.2, 0.25) is 0 Å². The molecule has 2 aromatic rings. The molecule has 1 aliphatic heterocycles. The highest BCUT2D eigenvalue weighted by atomic mass is 16.5. The van der Waals surface area contributed by atoms with Crippen LogP contribution in [0.4, 0.5) is 0 Å². The topological polar surface area (TPSA) is 83.1 Å². The number of benzene rings is 1. The fraction of sp³-hybridized carbons (Fsp3) is 0.450. The second-order valence-electron chi connectivity index (χ2n) is 7.29. The second kappa shape index (κ2) is 7.93. The van der Waals surface area contributed by atoms with Gasteiger partial charge in [0, 0.05) is 25.1 Å². The average molecular weight is 359 g/mol. The van der Waals surface area contributed by atoms with Crippen LogP contribution in [0.1, 0.15) is 41.6 Å². The minimum atomic E-state index is -1.09. The van der Waals surface area contributed by atoms with Crippen molar-refractivity contribution in [3.05, 3.63) is 53.5 Å². The Hall–Kier alpha value is -2.31. The SMILES string of the molecule is C[C@]1(CO)CCCN(Cc2ccc(OCc3ccc(C(=O)O)o3)cc2)C1. The van der Waals surface area contributed by atoms with E-state index >= 15 is 0 Å². The summed E-state index contributed by atoms with van der Waals surface area (Å²) in [5, 5.41) is 18.4. The van der Waals surface area contributed by atoms with Gasteiger partial charge in [-0.1, -0.05) is 19.1 Å². The van der Waals surface area contributed by atoms with Crippen LogP contribution < -0.4 is 4.74 Å². The first-order valence-electron chi connectivity index (χ1n) is 8.84. The minimum absolute atomic E-state index is 0.000845. The number of hydrogen-bond donors (Lipinski definition) is 2. The molecule has 1 aromatic carbocycles. The molecule has 1 aromatic heterocycles. The molecule has 6 heteroatoms. The fourth-order valence-electron chi connectivity index (χ4n) is 3.37. The summed E-state index contributed by atoms with van der Waals surface area (Å²) >= 11 is 0. The van der Waals surface area contributed by atoms with Gasteiger partial charge in [0.05, 0.1) is 0 Å². The van der Waals surface area contributed by atoms with Crippen molar-refractivity contribution in [1.82, 2.24) is 4.90 Å². The highest BCUT2D eigenvalue weighted by Crippen LogP contribution is 2.29. The Bertz CT molecular complexity index is 739. The van der Waals surface area contributed by atoms with E-state index < -0.39 is 5.97 Å². The first-order chi connectivity index (χ1) is 12.5. The number of likely N-dealkylation sites (tertiary alicyclic amines) is 1. The van der Waals surface area contributed by atoms with Crippen molar-refractivity contribution in [3.63, 3.8) is 0 Å². The van der Waals surface area contributed by atoms with Crippen LogP contribution in [-0.2, 0) is 13.2 Å². The van der Waals surface area contributed by atoms with E-state index in [2.05, 4.69) is 11.8 Å². The molecule has 1 fully saturated rings. The van der Waals surface area contributed by atoms with Crippen LogP contribution in [-0.4, -0.2) is 40.8 Å². The number of aromatic carboxylic acids is 1. The molecule has 6 nitrogen and oxygen atoms in total. The molecular weight excluding hydrogens is 334 g/mol. The number of piperidine rings is 1. The van der Waals surface area contributed by atoms with Crippen molar-refractivity contribution in [1.29, 1.82) is 0 Å². The van der Waals surface area contributed by atoms with Crippen LogP contribution >= 0.6 is 0 Å². The number of nitrogens with zero attached hydrogens (tertiary/aromatic N) is 1. The lowest BCUT2D eigenvalue weighted by molar-refractivity contribution is 0.0429. The number of furan rings is 1. The summed E-state index contributed by atoms with van der Waals surface area (Å²) in [5.74, 6) is 0.00918. The molecular formula is C20H25NO5. The van der Waals surface area contributed by atoms with E-state index in [9.17, 15) is 9.90 Å². The van der Waals surface area contributed by atoms with Gasteiger partial charge in [0.1, 0.15) is 18.1 Å². The number of hydrogen-bond acceptors (Lipinski definition) is 5. The molecule has 0 radical (unpaired) electrons. The Morgan fingerprint density at radius 1 is 1.27 bits per heavy atom. The van der Waals surface area contributed by atoms with Crippen LogP contribution in [0.25, 0.3) is 0 Å². The monoisotopic (exact) mass is 359 g/mol. The van der Waals surface area contributed by atoms with E-state index in [1.807, 2.05) is 24.3 Å². The van der Waals surface area contributed by atoms with Gasteiger partial charge >= 0.3 is 5.97 Å². The molecule has 0 bridgehead atoms. The van der Waals surface area contributed by atoms with Crippen LogP contribution in [0.3, 0.4) is 0 Å². The maximum Gasteiger partial charge on any atom is 0.371 e. The van der Waals surface area contributed by atoms with Gasteiger partial charge in [0.2, 0.25) is 5.76 Å². The van der Waals surface area contributed by atoms with Gasteiger partial charge in [-0.2, -0.15) is 0 Å². The molecule has 0 amide bonds. The summed E-state index contributed by atoms with van der Waals surface area (Å²) < 4.78 is 10.8. The van der Waals surface area contributed by atoms with Gasteiger partial charge < -0.3 is 19.4 Å². The highest BCUT2D eigenvalue weighted by Gasteiger charge is 2.30. The lowest BCUT2D eigenvalue weighted by atomic mass is 9.82. The number of aliphatic hydroxyl groups excluding tert-OH is 1. The number of carboxylic acids is 1. The Balaban J connectivity index is 1.52. The van der Waals surface area contributed by atoms with Crippen molar-refractivity contribution in [2.45, 2.75) is 32.9 Å². The first-order valence-corrected chi connectivity index (χ1v) is 8.84. The van der Waals surface area contributed by atoms with E-state index in [0.717, 1.165) is 32.5 Å². The van der Waals surface area contributed by atoms with Crippen molar-refractivity contribution in [2.24, 2.45) is 5.41 Å². The van der Waals surface area contributed by atoms with E-state index in [4.69, 9.17) is 14.3 Å². The molecule has 3 rings (SSSR count). The van der Waals surface area contributed by atoms with E-state index in [1.54, 1.807) is 6.07 Å². The van der Waals surface area contributed by atoms with Gasteiger partial charge in [-0.05, 0) is 49.2 Å². The van der Waals surface area contributed by atoms with Gasteiger partial charge in [0.15, 0.2) is 0 Å². The van der Waals surface area contributed by atoms with Crippen LogP contribution in [0.5, 0.6) is 5.75 Å². The number of ether oxygens (including phenoxy) is 1. The van der Waals surface area contributed by atoms with Gasteiger partial charge in [-0.25, -0.2) is 4.79 Å². The summed E-state index contributed by atoms with van der Waals surface area (Å²) in [6.45, 7) is 5.38. The Morgan fingerprint density at radius 3 is 2.69 bits per heavy atom. The number of rotatable bonds is 7. The van der Waals surface area contributed by atoms with Gasteiger partial charge in [0.25, 0.3) is 0 Å². The van der Waals surface area contributed by atoms with Crippen molar-refractivity contribution in [2.75, 3.05) is 19.7 Å². The maximum absolute atomic E-state index is 10.8. The number of carboxylic acid groups (broad SMARTS) is 1. The smallest absolute Gasteiger partial charge is 0.371 e. The zero-order valence-electron chi connectivity index (χ0n) is 15.0. The standard InChI is InChI=1S/C20H25NO5/c1-20(14-22)9-2-10-21(13-20)11-15-3-5-16(6-4-15)25-12-17-7-8-18(26-17)19(23)24/h3-8,22H,2,9-14H2,1H3,(H,23,24)/t20-/m0/s1. The summed E-state index contributed by atoms with van der Waals surface area (Å²) in [6, 6.07) is 10.9. The molecule has 26 heavy (non-hydrogen) atoms. The summed E-state index contributed by atoms with van der Waals surface area (Å²) in [4.78, 5) is 13.2. The molecule has 0 aliphatic carbocycles. The molecule has 0 saturated carbocycles. The van der Waals surface area contributed by atoms with Crippen molar-refractivity contribution in [3.8, 4) is 5.75 Å². The molecule has 2 heterocycles.